The van der Waals surface area contributed by atoms with Crippen LogP contribution < -0.4 is 10.6 Å². The standard InChI is InChI=1S/C12H15N5O3/c18-10(7-17-11(19)5-14-12(17)20)15-8-1-2-9-13-3-4-16(9)6-8/h3-4,8H,1-2,5-7H2,(H,14,20)(H,15,18)/t8-/m0/s1. The van der Waals surface area contributed by atoms with Crippen molar-refractivity contribution in [2.75, 3.05) is 13.1 Å². The highest BCUT2D eigenvalue weighted by Crippen LogP contribution is 2.13. The molecule has 3 rings (SSSR count). The van der Waals surface area contributed by atoms with E-state index >= 15 is 0 Å². The van der Waals surface area contributed by atoms with Gasteiger partial charge < -0.3 is 15.2 Å². The average molecular weight is 277 g/mol. The minimum absolute atomic E-state index is 0.00460. The second-order valence-electron chi connectivity index (χ2n) is 4.94. The van der Waals surface area contributed by atoms with Crippen LogP contribution in [0.1, 0.15) is 12.2 Å². The number of hydrogen-bond acceptors (Lipinski definition) is 4. The first-order chi connectivity index (χ1) is 9.63. The quantitative estimate of drug-likeness (QED) is 0.683. The van der Waals surface area contributed by atoms with Crippen LogP contribution in [0.5, 0.6) is 0 Å². The maximum absolute atomic E-state index is 11.9. The van der Waals surface area contributed by atoms with Crippen molar-refractivity contribution in [1.29, 1.82) is 0 Å². The number of nitrogens with zero attached hydrogens (tertiary/aromatic N) is 3. The second kappa shape index (κ2) is 4.95. The van der Waals surface area contributed by atoms with Crippen molar-refractivity contribution in [3.63, 3.8) is 0 Å². The van der Waals surface area contributed by atoms with E-state index in [1.807, 2.05) is 10.8 Å². The molecule has 0 spiro atoms. The van der Waals surface area contributed by atoms with Gasteiger partial charge in [0, 0.05) is 31.4 Å². The van der Waals surface area contributed by atoms with Crippen LogP contribution in [0.25, 0.3) is 0 Å². The molecule has 0 aromatic carbocycles. The summed E-state index contributed by atoms with van der Waals surface area (Å²) < 4.78 is 2.00. The molecule has 2 aliphatic heterocycles. The SMILES string of the molecule is O=C(CN1C(=O)CNC1=O)N[C@H]1CCc2nccn2C1. The van der Waals surface area contributed by atoms with E-state index in [2.05, 4.69) is 15.6 Å². The fraction of sp³-hybridized carbons (Fsp3) is 0.500. The van der Waals surface area contributed by atoms with E-state index < -0.39 is 6.03 Å². The molecule has 2 N–H and O–H groups in total. The van der Waals surface area contributed by atoms with Gasteiger partial charge in [-0.25, -0.2) is 9.78 Å². The van der Waals surface area contributed by atoms with E-state index in [-0.39, 0.29) is 30.9 Å². The van der Waals surface area contributed by atoms with E-state index in [9.17, 15) is 14.4 Å². The van der Waals surface area contributed by atoms with E-state index in [4.69, 9.17) is 0 Å². The summed E-state index contributed by atoms with van der Waals surface area (Å²) in [5, 5.41) is 5.24. The lowest BCUT2D eigenvalue weighted by atomic mass is 10.1. The van der Waals surface area contributed by atoms with E-state index in [0.29, 0.717) is 6.54 Å². The summed E-state index contributed by atoms with van der Waals surface area (Å²) in [4.78, 5) is 39.8. The van der Waals surface area contributed by atoms with Crippen LogP contribution in [-0.2, 0) is 22.6 Å². The molecule has 0 unspecified atom stereocenters. The van der Waals surface area contributed by atoms with Crippen molar-refractivity contribution in [1.82, 2.24) is 25.1 Å². The molecule has 3 heterocycles. The summed E-state index contributed by atoms with van der Waals surface area (Å²) in [6.07, 6.45) is 5.24. The Morgan fingerprint density at radius 3 is 3.10 bits per heavy atom. The molecular formula is C12H15N5O3. The summed E-state index contributed by atoms with van der Waals surface area (Å²) >= 11 is 0. The Morgan fingerprint density at radius 2 is 2.35 bits per heavy atom. The minimum atomic E-state index is -0.509. The van der Waals surface area contributed by atoms with Gasteiger partial charge in [0.2, 0.25) is 5.91 Å². The normalized spacial score (nSPS) is 21.6. The van der Waals surface area contributed by atoms with Gasteiger partial charge in [-0.15, -0.1) is 0 Å². The number of nitrogens with one attached hydrogen (secondary N) is 2. The summed E-state index contributed by atoms with van der Waals surface area (Å²) in [5.74, 6) is 0.333. The topological polar surface area (TPSA) is 96.3 Å². The minimum Gasteiger partial charge on any atom is -0.350 e. The zero-order valence-electron chi connectivity index (χ0n) is 10.8. The number of rotatable bonds is 3. The van der Waals surface area contributed by atoms with Gasteiger partial charge >= 0.3 is 6.03 Å². The highest BCUT2D eigenvalue weighted by atomic mass is 16.2. The number of carbonyl (C=O) groups is 3. The number of aromatic nitrogens is 2. The Bertz CT molecular complexity index is 551. The molecule has 106 valence electrons. The van der Waals surface area contributed by atoms with E-state index in [1.165, 1.54) is 0 Å². The second-order valence-corrected chi connectivity index (χ2v) is 4.94. The van der Waals surface area contributed by atoms with Crippen LogP contribution in [0.4, 0.5) is 4.79 Å². The number of carbonyl (C=O) groups excluding carboxylic acids is 3. The molecule has 4 amide bonds. The molecule has 0 aliphatic carbocycles. The molecule has 20 heavy (non-hydrogen) atoms. The average Bonchev–Trinajstić information content (AvgIpc) is 3.00. The smallest absolute Gasteiger partial charge is 0.325 e. The first kappa shape index (κ1) is 12.6. The van der Waals surface area contributed by atoms with Crippen molar-refractivity contribution in [3.05, 3.63) is 18.2 Å². The fourth-order valence-electron chi connectivity index (χ4n) is 2.52. The summed E-state index contributed by atoms with van der Waals surface area (Å²) in [6.45, 7) is 0.410. The molecule has 1 aromatic heterocycles. The largest absolute Gasteiger partial charge is 0.350 e. The number of aryl methyl sites for hydroxylation is 1. The molecule has 8 heteroatoms. The van der Waals surface area contributed by atoms with Gasteiger partial charge in [0.05, 0.1) is 6.54 Å². The number of hydrogen-bond donors (Lipinski definition) is 2. The third-order valence-corrected chi connectivity index (χ3v) is 3.54. The molecule has 8 nitrogen and oxygen atoms in total. The monoisotopic (exact) mass is 277 g/mol. The molecular weight excluding hydrogens is 262 g/mol. The van der Waals surface area contributed by atoms with Gasteiger partial charge in [0.15, 0.2) is 0 Å². The Hall–Kier alpha value is -2.38. The zero-order valence-corrected chi connectivity index (χ0v) is 10.8. The summed E-state index contributed by atoms with van der Waals surface area (Å²) in [7, 11) is 0. The van der Waals surface area contributed by atoms with Crippen LogP contribution in [0.15, 0.2) is 12.4 Å². The van der Waals surface area contributed by atoms with Crippen molar-refractivity contribution in [2.45, 2.75) is 25.4 Å². The van der Waals surface area contributed by atoms with Gasteiger partial charge in [-0.05, 0) is 6.42 Å². The molecule has 1 aromatic rings. The van der Waals surface area contributed by atoms with Gasteiger partial charge in [-0.1, -0.05) is 0 Å². The number of amides is 4. The molecule has 0 radical (unpaired) electrons. The Kier molecular flexibility index (Phi) is 3.13. The van der Waals surface area contributed by atoms with Crippen LogP contribution in [0, 0.1) is 0 Å². The molecule has 1 atom stereocenters. The van der Waals surface area contributed by atoms with Gasteiger partial charge in [-0.2, -0.15) is 0 Å². The zero-order chi connectivity index (χ0) is 14.1. The number of urea groups is 1. The Balaban J connectivity index is 1.55. The predicted molar refractivity (Wildman–Crippen MR) is 67.6 cm³/mol. The van der Waals surface area contributed by atoms with Crippen LogP contribution >= 0.6 is 0 Å². The van der Waals surface area contributed by atoms with Gasteiger partial charge in [0.1, 0.15) is 12.4 Å². The van der Waals surface area contributed by atoms with Crippen LogP contribution in [-0.4, -0.2) is 51.4 Å². The van der Waals surface area contributed by atoms with E-state index in [1.54, 1.807) is 6.20 Å². The first-order valence-electron chi connectivity index (χ1n) is 6.51. The Morgan fingerprint density at radius 1 is 1.50 bits per heavy atom. The summed E-state index contributed by atoms with van der Waals surface area (Å²) in [6, 6.07) is -0.504. The maximum Gasteiger partial charge on any atom is 0.325 e. The number of imidazole rings is 1. The number of fused-ring (bicyclic) bond motifs is 1. The number of imide groups is 1. The van der Waals surface area contributed by atoms with Gasteiger partial charge in [0.25, 0.3) is 5.91 Å². The third-order valence-electron chi connectivity index (χ3n) is 3.54. The third kappa shape index (κ3) is 2.36. The van der Waals surface area contributed by atoms with Crippen molar-refractivity contribution in [3.8, 4) is 0 Å². The van der Waals surface area contributed by atoms with E-state index in [0.717, 1.165) is 23.6 Å². The first-order valence-corrected chi connectivity index (χ1v) is 6.51. The molecule has 1 fully saturated rings. The molecule has 2 aliphatic rings. The van der Waals surface area contributed by atoms with Gasteiger partial charge in [-0.3, -0.25) is 14.5 Å². The van der Waals surface area contributed by atoms with Crippen molar-refractivity contribution < 1.29 is 14.4 Å². The molecule has 0 bridgehead atoms. The van der Waals surface area contributed by atoms with Crippen molar-refractivity contribution in [2.24, 2.45) is 0 Å². The summed E-state index contributed by atoms with van der Waals surface area (Å²) in [5.41, 5.74) is 0. The van der Waals surface area contributed by atoms with Crippen molar-refractivity contribution >= 4 is 17.8 Å². The maximum atomic E-state index is 11.9. The highest BCUT2D eigenvalue weighted by Gasteiger charge is 2.31. The van der Waals surface area contributed by atoms with Crippen LogP contribution in [0.3, 0.4) is 0 Å². The molecule has 0 saturated carbocycles. The highest BCUT2D eigenvalue weighted by molar-refractivity contribution is 6.04. The lowest BCUT2D eigenvalue weighted by Gasteiger charge is -2.25. The predicted octanol–water partition coefficient (Wildman–Crippen LogP) is -1.13. The lowest BCUT2D eigenvalue weighted by molar-refractivity contribution is -0.131. The van der Waals surface area contributed by atoms with Crippen LogP contribution in [0.2, 0.25) is 0 Å². The fourth-order valence-corrected chi connectivity index (χ4v) is 2.52. The Labute approximate surface area is 115 Å². The lowest BCUT2D eigenvalue weighted by Crippen LogP contribution is -2.46. The molecule has 1 saturated heterocycles.